The molecular formula is C7H4F3IN2O4. The van der Waals surface area contributed by atoms with Crippen molar-refractivity contribution in [2.75, 3.05) is 7.11 Å². The second-order valence-corrected chi connectivity index (χ2v) is 3.68. The zero-order valence-electron chi connectivity index (χ0n) is 8.12. The quantitative estimate of drug-likeness (QED) is 0.468. The highest BCUT2D eigenvalue weighted by atomic mass is 127. The lowest BCUT2D eigenvalue weighted by Crippen LogP contribution is -2.19. The summed E-state index contributed by atoms with van der Waals surface area (Å²) in [5.41, 5.74) is -0.536. The van der Waals surface area contributed by atoms with E-state index in [9.17, 15) is 23.3 Å². The lowest BCUT2D eigenvalue weighted by atomic mass is 10.4. The van der Waals surface area contributed by atoms with Crippen molar-refractivity contribution in [2.45, 2.75) is 6.36 Å². The van der Waals surface area contributed by atoms with Crippen LogP contribution in [-0.4, -0.2) is 23.4 Å². The number of halogens is 4. The largest absolute Gasteiger partial charge is 0.574 e. The molecule has 0 aliphatic heterocycles. The van der Waals surface area contributed by atoms with Gasteiger partial charge < -0.3 is 9.47 Å². The van der Waals surface area contributed by atoms with Gasteiger partial charge in [0.2, 0.25) is 11.6 Å². The van der Waals surface area contributed by atoms with Gasteiger partial charge in [0.1, 0.15) is 9.77 Å². The fraction of sp³-hybridized carbons (Fsp3) is 0.286. The number of aromatic nitrogens is 1. The fourth-order valence-electron chi connectivity index (χ4n) is 0.950. The van der Waals surface area contributed by atoms with Crippen molar-refractivity contribution < 1.29 is 27.6 Å². The van der Waals surface area contributed by atoms with Crippen molar-refractivity contribution in [1.29, 1.82) is 0 Å². The smallest absolute Gasteiger partial charge is 0.489 e. The van der Waals surface area contributed by atoms with Crippen molar-refractivity contribution in [2.24, 2.45) is 0 Å². The lowest BCUT2D eigenvalue weighted by molar-refractivity contribution is -0.386. The molecule has 0 N–H and O–H groups in total. The highest BCUT2D eigenvalue weighted by Gasteiger charge is 2.34. The van der Waals surface area contributed by atoms with Crippen molar-refractivity contribution >= 4 is 28.3 Å². The summed E-state index contributed by atoms with van der Waals surface area (Å²) in [5, 5.41) is 10.5. The highest BCUT2D eigenvalue weighted by Crippen LogP contribution is 2.37. The third kappa shape index (κ3) is 3.31. The van der Waals surface area contributed by atoms with E-state index in [4.69, 9.17) is 0 Å². The Hall–Kier alpha value is -1.33. The van der Waals surface area contributed by atoms with Gasteiger partial charge in [-0.05, 0) is 22.6 Å². The van der Waals surface area contributed by atoms with Crippen LogP contribution >= 0.6 is 22.6 Å². The summed E-state index contributed by atoms with van der Waals surface area (Å²) in [4.78, 5) is 13.0. The van der Waals surface area contributed by atoms with Crippen molar-refractivity contribution in [1.82, 2.24) is 4.98 Å². The van der Waals surface area contributed by atoms with Gasteiger partial charge in [0.15, 0.2) is 0 Å². The predicted octanol–water partition coefficient (Wildman–Crippen LogP) is 2.50. The average molecular weight is 364 g/mol. The molecule has 0 unspecified atom stereocenters. The van der Waals surface area contributed by atoms with Crippen LogP contribution in [0.2, 0.25) is 0 Å². The molecule has 0 saturated carbocycles. The van der Waals surface area contributed by atoms with Gasteiger partial charge in [-0.15, -0.1) is 13.2 Å². The number of nitrogens with zero attached hydrogens (tertiary/aromatic N) is 2. The summed E-state index contributed by atoms with van der Waals surface area (Å²) in [6.45, 7) is 0. The molecule has 0 saturated heterocycles. The normalized spacial score (nSPS) is 11.1. The Morgan fingerprint density at radius 2 is 2.12 bits per heavy atom. The Bertz CT molecular complexity index is 451. The standard InChI is InChI=1S/C7H4F3IN2O4/c1-16-5-3(13(14)15)2-12-6(4(5)11)17-7(8,9)10/h2H,1H3. The van der Waals surface area contributed by atoms with Crippen molar-refractivity contribution in [3.05, 3.63) is 19.9 Å². The minimum Gasteiger partial charge on any atom is -0.489 e. The Morgan fingerprint density at radius 1 is 1.53 bits per heavy atom. The van der Waals surface area contributed by atoms with E-state index in [2.05, 4.69) is 14.5 Å². The van der Waals surface area contributed by atoms with Gasteiger partial charge in [0.05, 0.1) is 12.0 Å². The van der Waals surface area contributed by atoms with E-state index in [1.807, 2.05) is 0 Å². The fourth-order valence-corrected chi connectivity index (χ4v) is 1.70. The van der Waals surface area contributed by atoms with E-state index >= 15 is 0 Å². The van der Waals surface area contributed by atoms with Crippen LogP contribution in [0.25, 0.3) is 0 Å². The lowest BCUT2D eigenvalue weighted by Gasteiger charge is -2.11. The van der Waals surface area contributed by atoms with Gasteiger partial charge >= 0.3 is 12.0 Å². The molecule has 0 bridgehead atoms. The van der Waals surface area contributed by atoms with Crippen LogP contribution in [0, 0.1) is 13.7 Å². The Labute approximate surface area is 106 Å². The van der Waals surface area contributed by atoms with E-state index in [1.54, 1.807) is 0 Å². The number of hydrogen-bond acceptors (Lipinski definition) is 5. The summed E-state index contributed by atoms with van der Waals surface area (Å²) in [6.07, 6.45) is -4.28. The molecule has 0 radical (unpaired) electrons. The van der Waals surface area contributed by atoms with Gasteiger partial charge in [-0.3, -0.25) is 10.1 Å². The maximum atomic E-state index is 12.0. The molecule has 1 aromatic rings. The molecule has 94 valence electrons. The Kier molecular flexibility index (Phi) is 3.95. The van der Waals surface area contributed by atoms with E-state index < -0.39 is 22.9 Å². The third-order valence-corrected chi connectivity index (χ3v) is 2.49. The highest BCUT2D eigenvalue weighted by molar-refractivity contribution is 14.1. The van der Waals surface area contributed by atoms with Gasteiger partial charge in [0, 0.05) is 0 Å². The second kappa shape index (κ2) is 4.89. The van der Waals surface area contributed by atoms with E-state index in [0.717, 1.165) is 7.11 Å². The summed E-state index contributed by atoms with van der Waals surface area (Å²) in [5.74, 6) is -1.12. The summed E-state index contributed by atoms with van der Waals surface area (Å²) < 4.78 is 43.9. The zero-order valence-corrected chi connectivity index (χ0v) is 10.3. The molecule has 10 heteroatoms. The van der Waals surface area contributed by atoms with Gasteiger partial charge in [-0.2, -0.15) is 0 Å². The summed E-state index contributed by atoms with van der Waals surface area (Å²) in [7, 11) is 1.10. The van der Waals surface area contributed by atoms with Crippen LogP contribution in [-0.2, 0) is 0 Å². The van der Waals surface area contributed by atoms with Gasteiger partial charge in [0.25, 0.3) is 0 Å². The number of hydrogen-bond donors (Lipinski definition) is 0. The zero-order chi connectivity index (χ0) is 13.2. The molecule has 1 aromatic heterocycles. The van der Waals surface area contributed by atoms with Gasteiger partial charge in [-0.25, -0.2) is 4.98 Å². The van der Waals surface area contributed by atoms with Gasteiger partial charge in [-0.1, -0.05) is 0 Å². The first-order chi connectivity index (χ1) is 7.76. The first-order valence-corrected chi connectivity index (χ1v) is 4.96. The van der Waals surface area contributed by atoms with E-state index in [0.29, 0.717) is 6.20 Å². The minimum absolute atomic E-state index is 0.225. The summed E-state index contributed by atoms with van der Waals surface area (Å²) >= 11 is 1.42. The molecule has 0 spiro atoms. The van der Waals surface area contributed by atoms with E-state index in [-0.39, 0.29) is 9.32 Å². The molecule has 0 aromatic carbocycles. The molecule has 1 rings (SSSR count). The molecule has 6 nitrogen and oxygen atoms in total. The molecule has 1 heterocycles. The monoisotopic (exact) mass is 364 g/mol. The number of methoxy groups -OCH3 is 1. The van der Waals surface area contributed by atoms with Crippen LogP contribution in [0.15, 0.2) is 6.20 Å². The van der Waals surface area contributed by atoms with Crippen LogP contribution in [0.3, 0.4) is 0 Å². The minimum atomic E-state index is -4.92. The Balaban J connectivity index is 3.25. The molecule has 0 aliphatic carbocycles. The maximum absolute atomic E-state index is 12.0. The summed E-state index contributed by atoms with van der Waals surface area (Å²) in [6, 6.07) is 0. The first kappa shape index (κ1) is 13.7. The number of pyridine rings is 1. The molecule has 17 heavy (non-hydrogen) atoms. The number of rotatable bonds is 3. The molecule has 0 atom stereocenters. The van der Waals surface area contributed by atoms with E-state index in [1.165, 1.54) is 22.6 Å². The van der Waals surface area contributed by atoms with Crippen LogP contribution in [0.4, 0.5) is 18.9 Å². The molecule has 0 amide bonds. The van der Waals surface area contributed by atoms with Crippen LogP contribution < -0.4 is 9.47 Å². The number of alkyl halides is 3. The SMILES string of the molecule is COc1c([N+](=O)[O-])cnc(OC(F)(F)F)c1I. The third-order valence-electron chi connectivity index (χ3n) is 1.54. The molecular weight excluding hydrogens is 360 g/mol. The Morgan fingerprint density at radius 3 is 2.53 bits per heavy atom. The van der Waals surface area contributed by atoms with Crippen LogP contribution in [0.1, 0.15) is 0 Å². The van der Waals surface area contributed by atoms with Crippen molar-refractivity contribution in [3.8, 4) is 11.6 Å². The first-order valence-electron chi connectivity index (χ1n) is 3.89. The topological polar surface area (TPSA) is 74.5 Å². The molecule has 0 aliphatic rings. The number of ether oxygens (including phenoxy) is 2. The average Bonchev–Trinajstić information content (AvgIpc) is 2.18. The second-order valence-electron chi connectivity index (χ2n) is 2.60. The maximum Gasteiger partial charge on any atom is 0.574 e. The van der Waals surface area contributed by atoms with Crippen molar-refractivity contribution in [3.63, 3.8) is 0 Å². The van der Waals surface area contributed by atoms with Crippen LogP contribution in [0.5, 0.6) is 11.6 Å². The molecule has 0 fully saturated rings. The predicted molar refractivity (Wildman–Crippen MR) is 56.8 cm³/mol. The number of nitro groups is 1.